The van der Waals surface area contributed by atoms with Crippen LogP contribution in [-0.2, 0) is 0 Å². The van der Waals surface area contributed by atoms with E-state index in [1.807, 2.05) is 18.2 Å². The lowest BCUT2D eigenvalue weighted by molar-refractivity contribution is 0.572. The monoisotopic (exact) mass is 117 g/mol. The fourth-order valence-electron chi connectivity index (χ4n) is 0.845. The third-order valence-electron chi connectivity index (χ3n) is 1.32. The summed E-state index contributed by atoms with van der Waals surface area (Å²) in [6.45, 7) is 0. The molecule has 0 atom stereocenters. The van der Waals surface area contributed by atoms with Crippen LogP contribution in [0.4, 0.5) is 0 Å². The Morgan fingerprint density at radius 3 is 3.00 bits per heavy atom. The fourth-order valence-corrected chi connectivity index (χ4v) is 0.845. The smallest absolute Gasteiger partial charge is 0.0981 e. The highest BCUT2D eigenvalue weighted by Gasteiger charge is 1.89. The van der Waals surface area contributed by atoms with E-state index in [4.69, 9.17) is 4.42 Å². The number of hydrogen-bond acceptors (Lipinski definition) is 1. The number of fused-ring (bicyclic) bond motifs is 1. The van der Waals surface area contributed by atoms with Crippen LogP contribution < -0.4 is 0 Å². The van der Waals surface area contributed by atoms with Gasteiger partial charge in [0.1, 0.15) is 0 Å². The Morgan fingerprint density at radius 1 is 1.22 bits per heavy atom. The third-order valence-corrected chi connectivity index (χ3v) is 1.32. The van der Waals surface area contributed by atoms with Gasteiger partial charge in [-0.2, -0.15) is 0 Å². The number of rotatable bonds is 0. The minimum absolute atomic E-state index is 1.11. The summed E-state index contributed by atoms with van der Waals surface area (Å²) in [5.41, 5.74) is 0. The van der Waals surface area contributed by atoms with Crippen LogP contribution in [0.2, 0.25) is 0 Å². The second-order valence-corrected chi connectivity index (χ2v) is 1.93. The second-order valence-electron chi connectivity index (χ2n) is 1.93. The van der Waals surface area contributed by atoms with Crippen molar-refractivity contribution in [3.63, 3.8) is 0 Å². The molecule has 0 fully saturated rings. The molecule has 1 nitrogen and oxygen atoms in total. The molecule has 9 heavy (non-hydrogen) atoms. The van der Waals surface area contributed by atoms with Crippen LogP contribution in [0.15, 0.2) is 35.1 Å². The highest BCUT2D eigenvalue weighted by molar-refractivity contribution is 5.80. The van der Waals surface area contributed by atoms with Crippen molar-refractivity contribution in [2.75, 3.05) is 0 Å². The van der Waals surface area contributed by atoms with E-state index in [0.717, 1.165) is 10.8 Å². The Kier molecular flexibility index (Phi) is 0.833. The highest BCUT2D eigenvalue weighted by atomic mass is 16.3. The topological polar surface area (TPSA) is 13.1 Å². The predicted molar refractivity (Wildman–Crippen MR) is 35.1 cm³/mol. The number of hydrogen-bond donors (Lipinski definition) is 0. The first-order valence-electron chi connectivity index (χ1n) is 2.79. The molecule has 0 aliphatic rings. The van der Waals surface area contributed by atoms with Crippen molar-refractivity contribution in [3.8, 4) is 0 Å². The molecule has 0 N–H and O–H groups in total. The van der Waals surface area contributed by atoms with Gasteiger partial charge >= 0.3 is 0 Å². The first-order valence-corrected chi connectivity index (χ1v) is 2.79. The van der Waals surface area contributed by atoms with Gasteiger partial charge in [0.15, 0.2) is 0 Å². The normalized spacial score (nSPS) is 10.2. The summed E-state index contributed by atoms with van der Waals surface area (Å²) in [5.74, 6) is 0. The van der Waals surface area contributed by atoms with E-state index in [-0.39, 0.29) is 0 Å². The third kappa shape index (κ3) is 0.617. The molecule has 1 aromatic carbocycles. The molecule has 0 unspecified atom stereocenters. The molecule has 2 aromatic rings. The van der Waals surface area contributed by atoms with Gasteiger partial charge in [-0.1, -0.05) is 12.1 Å². The van der Waals surface area contributed by atoms with E-state index in [0.29, 0.717) is 0 Å². The highest BCUT2D eigenvalue weighted by Crippen LogP contribution is 2.12. The van der Waals surface area contributed by atoms with Crippen LogP contribution in [-0.4, -0.2) is 0 Å². The van der Waals surface area contributed by atoms with E-state index in [9.17, 15) is 0 Å². The summed E-state index contributed by atoms with van der Waals surface area (Å²) < 4.78 is 4.94. The molecule has 43 valence electrons. The first kappa shape index (κ1) is 4.62. The van der Waals surface area contributed by atoms with Crippen LogP contribution in [0, 0.1) is 6.07 Å². The largest absolute Gasteiger partial charge is 0.471 e. The lowest BCUT2D eigenvalue weighted by Gasteiger charge is -1.79. The van der Waals surface area contributed by atoms with Gasteiger partial charge in [0.05, 0.1) is 12.5 Å². The molecular formula is C8H5O. The Balaban J connectivity index is 2.95. The zero-order chi connectivity index (χ0) is 6.10. The molecule has 1 radical (unpaired) electrons. The quantitative estimate of drug-likeness (QED) is 0.515. The molecule has 1 aromatic heterocycles. The summed E-state index contributed by atoms with van der Waals surface area (Å²) in [4.78, 5) is 0. The van der Waals surface area contributed by atoms with Crippen molar-refractivity contribution < 1.29 is 4.42 Å². The van der Waals surface area contributed by atoms with Crippen LogP contribution >= 0.6 is 0 Å². The van der Waals surface area contributed by atoms with Gasteiger partial charge in [0.2, 0.25) is 0 Å². The summed E-state index contributed by atoms with van der Waals surface area (Å²) in [5, 5.41) is 2.24. The van der Waals surface area contributed by atoms with Crippen molar-refractivity contribution in [1.29, 1.82) is 0 Å². The van der Waals surface area contributed by atoms with Crippen molar-refractivity contribution in [2.24, 2.45) is 0 Å². The number of furan rings is 1. The van der Waals surface area contributed by atoms with Gasteiger partial charge in [0.25, 0.3) is 0 Å². The van der Waals surface area contributed by atoms with Gasteiger partial charge in [-0.3, -0.25) is 0 Å². The molecule has 0 saturated heterocycles. The van der Waals surface area contributed by atoms with Gasteiger partial charge in [0, 0.05) is 10.8 Å². The van der Waals surface area contributed by atoms with Crippen molar-refractivity contribution in [1.82, 2.24) is 0 Å². The van der Waals surface area contributed by atoms with Crippen molar-refractivity contribution in [2.45, 2.75) is 0 Å². The van der Waals surface area contributed by atoms with Gasteiger partial charge in [-0.05, 0) is 12.1 Å². The van der Waals surface area contributed by atoms with E-state index >= 15 is 0 Å². The molecule has 0 bridgehead atoms. The van der Waals surface area contributed by atoms with E-state index in [1.165, 1.54) is 0 Å². The maximum atomic E-state index is 4.94. The molecule has 2 rings (SSSR count). The minimum Gasteiger partial charge on any atom is -0.471 e. The molecule has 0 amide bonds. The summed E-state index contributed by atoms with van der Waals surface area (Å²) in [7, 11) is 0. The Hall–Kier alpha value is -1.24. The molecule has 0 aliphatic carbocycles. The van der Waals surface area contributed by atoms with Gasteiger partial charge < -0.3 is 4.42 Å². The number of benzene rings is 1. The molecule has 1 heterocycles. The van der Waals surface area contributed by atoms with Crippen LogP contribution in [0.25, 0.3) is 10.8 Å². The second kappa shape index (κ2) is 1.62. The summed E-state index contributed by atoms with van der Waals surface area (Å²) >= 11 is 0. The average molecular weight is 117 g/mol. The molecule has 0 saturated carbocycles. The molecule has 1 heteroatoms. The first-order chi connectivity index (χ1) is 4.47. The Bertz CT molecular complexity index is 279. The van der Waals surface area contributed by atoms with E-state index < -0.39 is 0 Å². The maximum Gasteiger partial charge on any atom is 0.0981 e. The standard InChI is InChI=1S/C8H5O/c1-2-4-8-6-9-5-7(8)3-1/h1,3-6H. The lowest BCUT2D eigenvalue weighted by atomic mass is 10.2. The van der Waals surface area contributed by atoms with E-state index in [1.54, 1.807) is 12.5 Å². The molecule has 0 aliphatic heterocycles. The van der Waals surface area contributed by atoms with Crippen LogP contribution in [0.3, 0.4) is 0 Å². The fraction of sp³-hybridized carbons (Fsp3) is 0. The summed E-state index contributed by atoms with van der Waals surface area (Å²) in [6, 6.07) is 8.71. The van der Waals surface area contributed by atoms with Crippen LogP contribution in [0.5, 0.6) is 0 Å². The maximum absolute atomic E-state index is 4.94. The molecular weight excluding hydrogens is 112 g/mol. The Labute approximate surface area is 52.9 Å². The van der Waals surface area contributed by atoms with Crippen LogP contribution in [0.1, 0.15) is 0 Å². The van der Waals surface area contributed by atoms with Crippen molar-refractivity contribution >= 4 is 10.8 Å². The minimum atomic E-state index is 1.11. The zero-order valence-corrected chi connectivity index (χ0v) is 4.79. The SMILES string of the molecule is [c]1ccc2cocc2c1. The zero-order valence-electron chi connectivity index (χ0n) is 4.79. The molecule has 0 spiro atoms. The van der Waals surface area contributed by atoms with Crippen molar-refractivity contribution in [3.05, 3.63) is 36.8 Å². The summed E-state index contributed by atoms with van der Waals surface area (Å²) in [6.07, 6.45) is 3.44. The lowest BCUT2D eigenvalue weighted by Crippen LogP contribution is -1.58. The van der Waals surface area contributed by atoms with E-state index in [2.05, 4.69) is 6.07 Å². The van der Waals surface area contributed by atoms with Gasteiger partial charge in [-0.15, -0.1) is 0 Å². The Morgan fingerprint density at radius 2 is 2.11 bits per heavy atom. The average Bonchev–Trinajstić information content (AvgIpc) is 2.33. The predicted octanol–water partition coefficient (Wildman–Crippen LogP) is 2.23. The van der Waals surface area contributed by atoms with Gasteiger partial charge in [-0.25, -0.2) is 0 Å².